The second-order valence-electron chi connectivity index (χ2n) is 7.26. The molecule has 29 heavy (non-hydrogen) atoms. The van der Waals surface area contributed by atoms with Gasteiger partial charge in [-0.15, -0.1) is 0 Å². The predicted octanol–water partition coefficient (Wildman–Crippen LogP) is 4.46. The zero-order valence-electron chi connectivity index (χ0n) is 17.1. The van der Waals surface area contributed by atoms with Crippen LogP contribution in [0.4, 0.5) is 5.82 Å². The SMILES string of the molecule is COc1ccc(CNc2cc(CC3CC3)nn2-c2ccccc2)c(OC)c1OC. The van der Waals surface area contributed by atoms with E-state index in [9.17, 15) is 0 Å². The number of ether oxygens (including phenoxy) is 3. The molecular formula is C23H27N3O3. The summed E-state index contributed by atoms with van der Waals surface area (Å²) in [6, 6.07) is 16.2. The van der Waals surface area contributed by atoms with Crippen LogP contribution in [0, 0.1) is 5.92 Å². The van der Waals surface area contributed by atoms with Crippen molar-refractivity contribution in [3.05, 3.63) is 59.8 Å². The minimum absolute atomic E-state index is 0.574. The molecule has 0 unspecified atom stereocenters. The summed E-state index contributed by atoms with van der Waals surface area (Å²) in [7, 11) is 4.88. The molecule has 1 fully saturated rings. The molecule has 0 atom stereocenters. The van der Waals surface area contributed by atoms with Gasteiger partial charge in [0, 0.05) is 18.2 Å². The molecule has 1 N–H and O–H groups in total. The van der Waals surface area contributed by atoms with Gasteiger partial charge in [0.1, 0.15) is 5.82 Å². The van der Waals surface area contributed by atoms with Crippen LogP contribution in [-0.2, 0) is 13.0 Å². The first kappa shape index (κ1) is 19.2. The van der Waals surface area contributed by atoms with Gasteiger partial charge in [0.25, 0.3) is 0 Å². The van der Waals surface area contributed by atoms with Crippen LogP contribution in [-0.4, -0.2) is 31.1 Å². The molecule has 4 rings (SSSR count). The second kappa shape index (κ2) is 8.47. The molecule has 0 radical (unpaired) electrons. The normalized spacial score (nSPS) is 13.2. The van der Waals surface area contributed by atoms with E-state index in [1.807, 2.05) is 35.0 Å². The van der Waals surface area contributed by atoms with Crippen molar-refractivity contribution in [1.29, 1.82) is 0 Å². The highest BCUT2D eigenvalue weighted by atomic mass is 16.5. The van der Waals surface area contributed by atoms with E-state index in [1.165, 1.54) is 12.8 Å². The molecule has 1 aromatic heterocycles. The van der Waals surface area contributed by atoms with Gasteiger partial charge in [0.15, 0.2) is 11.5 Å². The molecule has 0 spiro atoms. The summed E-state index contributed by atoms with van der Waals surface area (Å²) in [6.07, 6.45) is 3.65. The number of rotatable bonds is 9. The lowest BCUT2D eigenvalue weighted by atomic mass is 10.1. The van der Waals surface area contributed by atoms with Crippen LogP contribution in [0.3, 0.4) is 0 Å². The number of benzene rings is 2. The Morgan fingerprint density at radius 1 is 0.966 bits per heavy atom. The highest BCUT2D eigenvalue weighted by Crippen LogP contribution is 2.40. The Kier molecular flexibility index (Phi) is 5.60. The van der Waals surface area contributed by atoms with Gasteiger partial charge in [-0.2, -0.15) is 5.10 Å². The van der Waals surface area contributed by atoms with E-state index in [0.717, 1.165) is 35.1 Å². The van der Waals surface area contributed by atoms with Crippen molar-refractivity contribution in [2.75, 3.05) is 26.6 Å². The average Bonchev–Trinajstić information content (AvgIpc) is 3.49. The summed E-state index contributed by atoms with van der Waals surface area (Å²) in [6.45, 7) is 0.574. The van der Waals surface area contributed by atoms with Crippen molar-refractivity contribution in [2.24, 2.45) is 5.92 Å². The summed E-state index contributed by atoms with van der Waals surface area (Å²) < 4.78 is 18.5. The van der Waals surface area contributed by atoms with Crippen LogP contribution in [0.25, 0.3) is 5.69 Å². The molecule has 1 aliphatic carbocycles. The topological polar surface area (TPSA) is 57.5 Å². The lowest BCUT2D eigenvalue weighted by Gasteiger charge is -2.16. The number of hydrogen-bond acceptors (Lipinski definition) is 5. The van der Waals surface area contributed by atoms with Gasteiger partial charge in [-0.1, -0.05) is 18.2 Å². The lowest BCUT2D eigenvalue weighted by Crippen LogP contribution is -2.08. The number of nitrogens with one attached hydrogen (secondary N) is 1. The van der Waals surface area contributed by atoms with Crippen molar-refractivity contribution >= 4 is 5.82 Å². The molecule has 2 aromatic carbocycles. The van der Waals surface area contributed by atoms with E-state index in [2.05, 4.69) is 23.5 Å². The first-order chi connectivity index (χ1) is 14.2. The Morgan fingerprint density at radius 2 is 1.72 bits per heavy atom. The monoisotopic (exact) mass is 393 g/mol. The van der Waals surface area contributed by atoms with Crippen LogP contribution in [0.2, 0.25) is 0 Å². The van der Waals surface area contributed by atoms with Crippen molar-refractivity contribution in [3.63, 3.8) is 0 Å². The zero-order chi connectivity index (χ0) is 20.2. The fourth-order valence-electron chi connectivity index (χ4n) is 3.53. The number of nitrogens with zero attached hydrogens (tertiary/aromatic N) is 2. The number of methoxy groups -OCH3 is 3. The minimum atomic E-state index is 0.574. The highest BCUT2D eigenvalue weighted by Gasteiger charge is 2.24. The maximum Gasteiger partial charge on any atom is 0.203 e. The largest absolute Gasteiger partial charge is 0.493 e. The van der Waals surface area contributed by atoms with Gasteiger partial charge < -0.3 is 19.5 Å². The number of aromatic nitrogens is 2. The van der Waals surface area contributed by atoms with Crippen molar-refractivity contribution in [1.82, 2.24) is 9.78 Å². The third-order valence-electron chi connectivity index (χ3n) is 5.20. The first-order valence-electron chi connectivity index (χ1n) is 9.89. The van der Waals surface area contributed by atoms with Crippen LogP contribution in [0.1, 0.15) is 24.1 Å². The van der Waals surface area contributed by atoms with Gasteiger partial charge in [-0.05, 0) is 49.4 Å². The van der Waals surface area contributed by atoms with E-state index in [1.54, 1.807) is 21.3 Å². The lowest BCUT2D eigenvalue weighted by molar-refractivity contribution is 0.322. The summed E-state index contributed by atoms with van der Waals surface area (Å²) in [5, 5.41) is 8.38. The van der Waals surface area contributed by atoms with Gasteiger partial charge in [0.2, 0.25) is 5.75 Å². The molecule has 0 aliphatic heterocycles. The molecule has 1 aliphatic rings. The smallest absolute Gasteiger partial charge is 0.203 e. The Bertz CT molecular complexity index is 965. The van der Waals surface area contributed by atoms with E-state index in [4.69, 9.17) is 19.3 Å². The van der Waals surface area contributed by atoms with Gasteiger partial charge in [-0.25, -0.2) is 4.68 Å². The number of anilines is 1. The van der Waals surface area contributed by atoms with Crippen LogP contribution in [0.15, 0.2) is 48.5 Å². The zero-order valence-corrected chi connectivity index (χ0v) is 17.1. The third-order valence-corrected chi connectivity index (χ3v) is 5.20. The minimum Gasteiger partial charge on any atom is -0.493 e. The average molecular weight is 393 g/mol. The van der Waals surface area contributed by atoms with Gasteiger partial charge in [0.05, 0.1) is 32.7 Å². The molecular weight excluding hydrogens is 366 g/mol. The van der Waals surface area contributed by atoms with Crippen molar-refractivity contribution in [2.45, 2.75) is 25.8 Å². The maximum atomic E-state index is 5.61. The van der Waals surface area contributed by atoms with E-state index in [-0.39, 0.29) is 0 Å². The van der Waals surface area contributed by atoms with Crippen molar-refractivity contribution < 1.29 is 14.2 Å². The van der Waals surface area contributed by atoms with E-state index >= 15 is 0 Å². The molecule has 1 saturated carbocycles. The second-order valence-corrected chi connectivity index (χ2v) is 7.26. The summed E-state index contributed by atoms with van der Waals surface area (Å²) in [4.78, 5) is 0. The molecule has 6 heteroatoms. The summed E-state index contributed by atoms with van der Waals surface area (Å²) in [5.74, 6) is 3.66. The molecule has 0 bridgehead atoms. The fraction of sp³-hybridized carbons (Fsp3) is 0.348. The quantitative estimate of drug-likeness (QED) is 0.582. The van der Waals surface area contributed by atoms with Crippen LogP contribution in [0.5, 0.6) is 17.2 Å². The fourth-order valence-corrected chi connectivity index (χ4v) is 3.53. The molecule has 1 heterocycles. The molecule has 0 amide bonds. The van der Waals surface area contributed by atoms with Crippen LogP contribution >= 0.6 is 0 Å². The molecule has 3 aromatic rings. The van der Waals surface area contributed by atoms with Crippen molar-refractivity contribution in [3.8, 4) is 22.9 Å². The molecule has 6 nitrogen and oxygen atoms in total. The van der Waals surface area contributed by atoms with E-state index < -0.39 is 0 Å². The number of para-hydroxylation sites is 1. The molecule has 152 valence electrons. The Morgan fingerprint density at radius 3 is 2.38 bits per heavy atom. The highest BCUT2D eigenvalue weighted by molar-refractivity contribution is 5.57. The predicted molar refractivity (Wildman–Crippen MR) is 113 cm³/mol. The standard InChI is InChI=1S/C23H27N3O3/c1-27-20-12-11-17(22(28-2)23(20)29-3)15-24-21-14-18(13-16-9-10-16)25-26(21)19-7-5-4-6-8-19/h4-8,11-12,14,16,24H,9-10,13,15H2,1-3H3. The Hall–Kier alpha value is -3.15. The Balaban J connectivity index is 1.62. The van der Waals surface area contributed by atoms with Crippen LogP contribution < -0.4 is 19.5 Å². The van der Waals surface area contributed by atoms with Gasteiger partial charge in [-0.3, -0.25) is 0 Å². The summed E-state index contributed by atoms with van der Waals surface area (Å²) in [5.41, 5.74) is 3.14. The summed E-state index contributed by atoms with van der Waals surface area (Å²) >= 11 is 0. The third kappa shape index (κ3) is 4.16. The first-order valence-corrected chi connectivity index (χ1v) is 9.89. The maximum absolute atomic E-state index is 5.61. The number of hydrogen-bond donors (Lipinski definition) is 1. The molecule has 0 saturated heterocycles. The van der Waals surface area contributed by atoms with Gasteiger partial charge >= 0.3 is 0 Å². The van der Waals surface area contributed by atoms with E-state index in [0.29, 0.717) is 23.8 Å². The Labute approximate surface area is 171 Å².